The Bertz CT molecular complexity index is 1230. The maximum atomic E-state index is 14.8. The van der Waals surface area contributed by atoms with Crippen LogP contribution in [0.25, 0.3) is 28.3 Å². The number of halogens is 1. The number of benzene rings is 3. The van der Waals surface area contributed by atoms with E-state index in [0.717, 1.165) is 6.07 Å². The van der Waals surface area contributed by atoms with Gasteiger partial charge in [0.25, 0.3) is 0 Å². The number of aromatic hydroxyl groups is 2. The lowest BCUT2D eigenvalue weighted by atomic mass is 10.1. The van der Waals surface area contributed by atoms with Gasteiger partial charge in [-0.2, -0.15) is 0 Å². The molecule has 0 atom stereocenters. The molecule has 0 amide bonds. The van der Waals surface area contributed by atoms with Crippen molar-refractivity contribution < 1.29 is 24.5 Å². The molecule has 29 heavy (non-hydrogen) atoms. The summed E-state index contributed by atoms with van der Waals surface area (Å²) in [5.74, 6) is -1.81. The number of rotatable bonds is 4. The van der Waals surface area contributed by atoms with E-state index in [1.54, 1.807) is 36.4 Å². The van der Waals surface area contributed by atoms with E-state index < -0.39 is 11.8 Å². The zero-order chi connectivity index (χ0) is 20.5. The number of imidazole rings is 1. The molecule has 3 N–H and O–H groups in total. The number of nitrogens with zero attached hydrogens (tertiary/aromatic N) is 2. The average Bonchev–Trinajstić information content (AvgIpc) is 3.13. The number of hydrogen-bond acceptors (Lipinski definition) is 4. The van der Waals surface area contributed by atoms with Crippen molar-refractivity contribution in [1.29, 1.82) is 0 Å². The zero-order valence-corrected chi connectivity index (χ0v) is 15.0. The van der Waals surface area contributed by atoms with Crippen molar-refractivity contribution in [3.05, 3.63) is 84.3 Å². The summed E-state index contributed by atoms with van der Waals surface area (Å²) in [5.41, 5.74) is 1.03. The summed E-state index contributed by atoms with van der Waals surface area (Å²) in [6.07, 6.45) is 1.52. The maximum absolute atomic E-state index is 14.8. The summed E-state index contributed by atoms with van der Waals surface area (Å²) in [6.45, 7) is 0. The van der Waals surface area contributed by atoms with E-state index in [-0.39, 0.29) is 28.6 Å². The van der Waals surface area contributed by atoms with Crippen LogP contribution in [0.4, 0.5) is 4.39 Å². The molecule has 4 rings (SSSR count). The predicted molar refractivity (Wildman–Crippen MR) is 105 cm³/mol. The van der Waals surface area contributed by atoms with Gasteiger partial charge in [0.15, 0.2) is 0 Å². The predicted octanol–water partition coefficient (Wildman–Crippen LogP) is 4.45. The first kappa shape index (κ1) is 18.2. The number of phenols is 2. The minimum Gasteiger partial charge on any atom is -0.507 e. The third kappa shape index (κ3) is 3.29. The molecular weight excluding hydrogens is 375 g/mol. The van der Waals surface area contributed by atoms with Gasteiger partial charge in [0.1, 0.15) is 23.1 Å². The van der Waals surface area contributed by atoms with Gasteiger partial charge in [0.05, 0.1) is 22.5 Å². The number of aromatic carboxylic acids is 1. The van der Waals surface area contributed by atoms with Crippen molar-refractivity contribution in [1.82, 2.24) is 9.55 Å². The summed E-state index contributed by atoms with van der Waals surface area (Å²) in [7, 11) is 0. The third-order valence-corrected chi connectivity index (χ3v) is 4.49. The van der Waals surface area contributed by atoms with E-state index in [2.05, 4.69) is 4.98 Å². The largest absolute Gasteiger partial charge is 0.507 e. The molecule has 7 heteroatoms. The molecule has 0 aliphatic carbocycles. The SMILES string of the molecule is O=C(O)c1ccc(-n2cc(-c3ccccc3O)nc2-c2ccccc2O)c(F)c1. The topological polar surface area (TPSA) is 95.6 Å². The standard InChI is InChI=1S/C22H15FN2O4/c23-16-11-13(22(28)29)9-10-18(16)25-12-17(14-5-1-3-7-19(14)26)24-21(25)15-6-2-4-8-20(15)27/h1-12,26-27H,(H,28,29). The molecule has 144 valence electrons. The molecule has 1 aromatic heterocycles. The van der Waals surface area contributed by atoms with Gasteiger partial charge < -0.3 is 15.3 Å². The van der Waals surface area contributed by atoms with E-state index in [9.17, 15) is 19.4 Å². The molecule has 3 aromatic carbocycles. The molecule has 0 bridgehead atoms. The summed E-state index contributed by atoms with van der Waals surface area (Å²) >= 11 is 0. The number of carboxylic acids is 1. The van der Waals surface area contributed by atoms with Gasteiger partial charge >= 0.3 is 5.97 Å². The molecule has 6 nitrogen and oxygen atoms in total. The van der Waals surface area contributed by atoms with Gasteiger partial charge in [-0.15, -0.1) is 0 Å². The normalized spacial score (nSPS) is 10.8. The molecule has 0 spiro atoms. The molecule has 0 aliphatic heterocycles. The van der Waals surface area contributed by atoms with Gasteiger partial charge in [-0.1, -0.05) is 24.3 Å². The quantitative estimate of drug-likeness (QED) is 0.478. The van der Waals surface area contributed by atoms with Crippen LogP contribution in [0.3, 0.4) is 0 Å². The molecule has 0 fully saturated rings. The summed E-state index contributed by atoms with van der Waals surface area (Å²) in [4.78, 5) is 15.6. The third-order valence-electron chi connectivity index (χ3n) is 4.49. The Kier molecular flexibility index (Phi) is 4.48. The van der Waals surface area contributed by atoms with E-state index in [1.165, 1.54) is 35.0 Å². The van der Waals surface area contributed by atoms with Crippen LogP contribution in [0.15, 0.2) is 72.9 Å². The van der Waals surface area contributed by atoms with Crippen LogP contribution in [0, 0.1) is 5.82 Å². The van der Waals surface area contributed by atoms with Crippen LogP contribution in [-0.2, 0) is 0 Å². The van der Waals surface area contributed by atoms with Gasteiger partial charge in [0.2, 0.25) is 0 Å². The number of aromatic nitrogens is 2. The monoisotopic (exact) mass is 390 g/mol. The van der Waals surface area contributed by atoms with Crippen LogP contribution in [0.2, 0.25) is 0 Å². The van der Waals surface area contributed by atoms with Gasteiger partial charge in [-0.05, 0) is 42.5 Å². The number of carbonyl (C=O) groups is 1. The summed E-state index contributed by atoms with van der Waals surface area (Å²) in [6, 6.07) is 16.6. The fraction of sp³-hybridized carbons (Fsp3) is 0. The van der Waals surface area contributed by atoms with Crippen molar-refractivity contribution in [3.63, 3.8) is 0 Å². The number of phenolic OH excluding ortho intramolecular Hbond substituents is 2. The van der Waals surface area contributed by atoms with Crippen LogP contribution in [-0.4, -0.2) is 30.8 Å². The molecule has 0 unspecified atom stereocenters. The van der Waals surface area contributed by atoms with Gasteiger partial charge in [-0.25, -0.2) is 14.2 Å². The highest BCUT2D eigenvalue weighted by atomic mass is 19.1. The van der Waals surface area contributed by atoms with Crippen molar-refractivity contribution in [2.45, 2.75) is 0 Å². The van der Waals surface area contributed by atoms with Crippen LogP contribution >= 0.6 is 0 Å². The fourth-order valence-corrected chi connectivity index (χ4v) is 3.07. The second-order valence-corrected chi connectivity index (χ2v) is 6.33. The molecule has 0 radical (unpaired) electrons. The Labute approximate surface area is 164 Å². The number of para-hydroxylation sites is 2. The molecule has 0 saturated carbocycles. The fourth-order valence-electron chi connectivity index (χ4n) is 3.07. The smallest absolute Gasteiger partial charge is 0.335 e. The van der Waals surface area contributed by atoms with Gasteiger partial charge in [0, 0.05) is 11.8 Å². The van der Waals surface area contributed by atoms with Crippen LogP contribution in [0.5, 0.6) is 11.5 Å². The van der Waals surface area contributed by atoms with Crippen molar-refractivity contribution in [2.24, 2.45) is 0 Å². The first-order valence-electron chi connectivity index (χ1n) is 8.65. The minimum atomic E-state index is -1.24. The average molecular weight is 390 g/mol. The van der Waals surface area contributed by atoms with Crippen LogP contribution < -0.4 is 0 Å². The lowest BCUT2D eigenvalue weighted by Gasteiger charge is -2.10. The van der Waals surface area contributed by atoms with Crippen LogP contribution in [0.1, 0.15) is 10.4 Å². The van der Waals surface area contributed by atoms with Gasteiger partial charge in [-0.3, -0.25) is 4.57 Å². The van der Waals surface area contributed by atoms with E-state index >= 15 is 0 Å². The van der Waals surface area contributed by atoms with Crippen molar-refractivity contribution in [3.8, 4) is 39.8 Å². The number of carboxylic acid groups (broad SMARTS) is 1. The summed E-state index contributed by atoms with van der Waals surface area (Å²) in [5, 5.41) is 29.5. The highest BCUT2D eigenvalue weighted by Crippen LogP contribution is 2.35. The lowest BCUT2D eigenvalue weighted by Crippen LogP contribution is -2.03. The molecule has 4 aromatic rings. The number of hydrogen-bond donors (Lipinski definition) is 3. The Balaban J connectivity index is 1.97. The first-order valence-corrected chi connectivity index (χ1v) is 8.65. The van der Waals surface area contributed by atoms with E-state index in [1.807, 2.05) is 0 Å². The Morgan fingerprint density at radius 1 is 0.897 bits per heavy atom. The first-order chi connectivity index (χ1) is 14.0. The lowest BCUT2D eigenvalue weighted by molar-refractivity contribution is 0.0696. The Morgan fingerprint density at radius 3 is 2.10 bits per heavy atom. The highest BCUT2D eigenvalue weighted by Gasteiger charge is 2.19. The highest BCUT2D eigenvalue weighted by molar-refractivity contribution is 5.88. The molecule has 1 heterocycles. The van der Waals surface area contributed by atoms with E-state index in [4.69, 9.17) is 5.11 Å². The zero-order valence-electron chi connectivity index (χ0n) is 15.0. The second kappa shape index (κ2) is 7.12. The minimum absolute atomic E-state index is 0.00248. The van der Waals surface area contributed by atoms with Crippen molar-refractivity contribution >= 4 is 5.97 Å². The van der Waals surface area contributed by atoms with E-state index in [0.29, 0.717) is 16.8 Å². The second-order valence-electron chi connectivity index (χ2n) is 6.33. The Hall–Kier alpha value is -4.13. The summed E-state index contributed by atoms with van der Waals surface area (Å²) < 4.78 is 16.2. The molecule has 0 aliphatic rings. The van der Waals surface area contributed by atoms with Crippen molar-refractivity contribution in [2.75, 3.05) is 0 Å². The molecular formula is C22H15FN2O4. The molecule has 0 saturated heterocycles. The Morgan fingerprint density at radius 2 is 1.52 bits per heavy atom. The maximum Gasteiger partial charge on any atom is 0.335 e.